The van der Waals surface area contributed by atoms with Crippen LogP contribution >= 0.6 is 0 Å². The minimum Gasteiger partial charge on any atom is -0.465 e. The molecule has 0 aliphatic carbocycles. The first-order valence-corrected chi connectivity index (χ1v) is 7.10. The molecule has 0 aromatic heterocycles. The second-order valence-electron chi connectivity index (χ2n) is 5.04. The van der Waals surface area contributed by atoms with Gasteiger partial charge in [-0.05, 0) is 26.0 Å². The van der Waals surface area contributed by atoms with Crippen LogP contribution in [0.4, 0.5) is 14.5 Å². The molecule has 0 N–H and O–H groups in total. The average Bonchev–Trinajstić information content (AvgIpc) is 2.45. The number of hydrogen-bond donors (Lipinski definition) is 0. The van der Waals surface area contributed by atoms with Crippen molar-refractivity contribution in [2.75, 3.05) is 31.1 Å². The van der Waals surface area contributed by atoms with Crippen LogP contribution in [0, 0.1) is 11.6 Å². The Morgan fingerprint density at radius 1 is 1.36 bits per heavy atom. The predicted molar refractivity (Wildman–Crippen MR) is 76.4 cm³/mol. The maximum atomic E-state index is 13.8. The summed E-state index contributed by atoms with van der Waals surface area (Å²) in [7, 11) is 0. The lowest BCUT2D eigenvalue weighted by Gasteiger charge is -2.38. The van der Waals surface area contributed by atoms with E-state index in [-0.39, 0.29) is 31.3 Å². The monoisotopic (exact) mass is 312 g/mol. The summed E-state index contributed by atoms with van der Waals surface area (Å²) in [6, 6.07) is 2.53. The van der Waals surface area contributed by atoms with E-state index in [1.807, 2.05) is 0 Å². The van der Waals surface area contributed by atoms with Crippen molar-refractivity contribution in [1.29, 1.82) is 0 Å². The van der Waals surface area contributed by atoms with Crippen LogP contribution in [-0.2, 0) is 14.3 Å². The molecule has 0 radical (unpaired) electrons. The van der Waals surface area contributed by atoms with Crippen LogP contribution in [0.3, 0.4) is 0 Å². The zero-order valence-corrected chi connectivity index (χ0v) is 12.5. The van der Waals surface area contributed by atoms with E-state index in [1.165, 1.54) is 11.0 Å². The van der Waals surface area contributed by atoms with Gasteiger partial charge in [0.05, 0.1) is 24.9 Å². The lowest BCUT2D eigenvalue weighted by atomic mass is 10.1. The van der Waals surface area contributed by atoms with Gasteiger partial charge in [0, 0.05) is 19.2 Å². The SMILES string of the molecule is CCOC(=O)CN1CCN(c2ccc(F)cc2F)C(=O)C1C. The summed E-state index contributed by atoms with van der Waals surface area (Å²) in [5.74, 6) is -2.20. The van der Waals surface area contributed by atoms with Gasteiger partial charge < -0.3 is 9.64 Å². The molecule has 1 aromatic rings. The fraction of sp³-hybridized carbons (Fsp3) is 0.467. The normalized spacial score (nSPS) is 19.4. The van der Waals surface area contributed by atoms with Crippen molar-refractivity contribution < 1.29 is 23.1 Å². The highest BCUT2D eigenvalue weighted by Crippen LogP contribution is 2.24. The van der Waals surface area contributed by atoms with Gasteiger partial charge >= 0.3 is 5.97 Å². The third kappa shape index (κ3) is 3.41. The molecule has 22 heavy (non-hydrogen) atoms. The average molecular weight is 312 g/mol. The number of anilines is 1. The third-order valence-electron chi connectivity index (χ3n) is 3.62. The molecule has 0 spiro atoms. The summed E-state index contributed by atoms with van der Waals surface area (Å²) in [6.07, 6.45) is 0. The number of esters is 1. The number of carbonyl (C=O) groups is 2. The van der Waals surface area contributed by atoms with Gasteiger partial charge in [-0.25, -0.2) is 8.78 Å². The Bertz CT molecular complexity index is 580. The Morgan fingerprint density at radius 3 is 2.73 bits per heavy atom. The second-order valence-corrected chi connectivity index (χ2v) is 5.04. The molecule has 5 nitrogen and oxygen atoms in total. The summed E-state index contributed by atoms with van der Waals surface area (Å²) in [5, 5.41) is 0. The molecule has 0 saturated carbocycles. The van der Waals surface area contributed by atoms with Crippen LogP contribution in [0.1, 0.15) is 13.8 Å². The summed E-state index contributed by atoms with van der Waals surface area (Å²) in [6.45, 7) is 4.28. The largest absolute Gasteiger partial charge is 0.465 e. The van der Waals surface area contributed by atoms with Crippen LogP contribution in [0.15, 0.2) is 18.2 Å². The van der Waals surface area contributed by atoms with Gasteiger partial charge in [0.15, 0.2) is 0 Å². The van der Waals surface area contributed by atoms with E-state index in [0.29, 0.717) is 6.54 Å². The smallest absolute Gasteiger partial charge is 0.320 e. The maximum absolute atomic E-state index is 13.8. The number of nitrogens with zero attached hydrogens (tertiary/aromatic N) is 2. The van der Waals surface area contributed by atoms with Gasteiger partial charge in [-0.2, -0.15) is 0 Å². The first-order chi connectivity index (χ1) is 10.4. The number of benzene rings is 1. The minimum absolute atomic E-state index is 0.0144. The zero-order valence-electron chi connectivity index (χ0n) is 12.5. The molecule has 1 aliphatic rings. The van der Waals surface area contributed by atoms with E-state index in [4.69, 9.17) is 4.74 Å². The molecule has 1 heterocycles. The number of ether oxygens (including phenoxy) is 1. The fourth-order valence-corrected chi connectivity index (χ4v) is 2.44. The van der Waals surface area contributed by atoms with Crippen LogP contribution in [0.5, 0.6) is 0 Å². The first-order valence-electron chi connectivity index (χ1n) is 7.10. The Hall–Kier alpha value is -2.02. The molecule has 7 heteroatoms. The summed E-state index contributed by atoms with van der Waals surface area (Å²) >= 11 is 0. The van der Waals surface area contributed by atoms with Gasteiger partial charge in [0.2, 0.25) is 5.91 Å². The van der Waals surface area contributed by atoms with E-state index >= 15 is 0 Å². The molecule has 1 unspecified atom stereocenters. The van der Waals surface area contributed by atoms with Crippen LogP contribution in [0.25, 0.3) is 0 Å². The van der Waals surface area contributed by atoms with Crippen LogP contribution in [0.2, 0.25) is 0 Å². The van der Waals surface area contributed by atoms with E-state index < -0.39 is 23.6 Å². The number of rotatable bonds is 4. The number of hydrogen-bond acceptors (Lipinski definition) is 4. The highest BCUT2D eigenvalue weighted by atomic mass is 19.1. The highest BCUT2D eigenvalue weighted by Gasteiger charge is 2.34. The number of amides is 1. The molecule has 0 bridgehead atoms. The van der Waals surface area contributed by atoms with Gasteiger partial charge in [-0.3, -0.25) is 14.5 Å². The minimum atomic E-state index is -0.778. The van der Waals surface area contributed by atoms with E-state index in [1.54, 1.807) is 18.7 Å². The first kappa shape index (κ1) is 16.4. The summed E-state index contributed by atoms with van der Waals surface area (Å²) in [4.78, 5) is 26.9. The molecule has 1 fully saturated rings. The van der Waals surface area contributed by atoms with Gasteiger partial charge in [-0.15, -0.1) is 0 Å². The van der Waals surface area contributed by atoms with Gasteiger partial charge in [-0.1, -0.05) is 0 Å². The van der Waals surface area contributed by atoms with Crippen molar-refractivity contribution in [1.82, 2.24) is 4.90 Å². The van der Waals surface area contributed by atoms with Gasteiger partial charge in [0.25, 0.3) is 0 Å². The lowest BCUT2D eigenvalue weighted by molar-refractivity contribution is -0.145. The molecule has 2 rings (SSSR count). The molecule has 1 aromatic carbocycles. The molecule has 120 valence electrons. The summed E-state index contributed by atoms with van der Waals surface area (Å²) < 4.78 is 31.6. The summed E-state index contributed by atoms with van der Waals surface area (Å²) in [5.41, 5.74) is 0.0500. The van der Waals surface area contributed by atoms with E-state index in [9.17, 15) is 18.4 Å². The van der Waals surface area contributed by atoms with Crippen LogP contribution < -0.4 is 4.90 Å². The highest BCUT2D eigenvalue weighted by molar-refractivity contribution is 5.98. The molecule has 1 saturated heterocycles. The maximum Gasteiger partial charge on any atom is 0.320 e. The van der Waals surface area contributed by atoms with Crippen molar-refractivity contribution in [2.24, 2.45) is 0 Å². The number of piperazine rings is 1. The Labute approximate surface area is 127 Å². The van der Waals surface area contributed by atoms with Crippen molar-refractivity contribution in [3.05, 3.63) is 29.8 Å². The molecular weight excluding hydrogens is 294 g/mol. The second kappa shape index (κ2) is 6.83. The third-order valence-corrected chi connectivity index (χ3v) is 3.62. The zero-order chi connectivity index (χ0) is 16.3. The van der Waals surface area contributed by atoms with Crippen molar-refractivity contribution >= 4 is 17.6 Å². The molecular formula is C15H18F2N2O3. The van der Waals surface area contributed by atoms with E-state index in [2.05, 4.69) is 0 Å². The molecule has 1 aliphatic heterocycles. The Balaban J connectivity index is 2.10. The Kier molecular flexibility index (Phi) is 5.07. The lowest BCUT2D eigenvalue weighted by Crippen LogP contribution is -2.57. The predicted octanol–water partition coefficient (Wildman–Crippen LogP) is 1.56. The number of carbonyl (C=O) groups excluding carboxylic acids is 2. The van der Waals surface area contributed by atoms with Crippen molar-refractivity contribution in [3.8, 4) is 0 Å². The topological polar surface area (TPSA) is 49.9 Å². The molecule has 1 amide bonds. The molecule has 1 atom stereocenters. The fourth-order valence-electron chi connectivity index (χ4n) is 2.44. The van der Waals surface area contributed by atoms with Crippen molar-refractivity contribution in [2.45, 2.75) is 19.9 Å². The quantitative estimate of drug-likeness (QED) is 0.792. The van der Waals surface area contributed by atoms with Gasteiger partial charge in [0.1, 0.15) is 11.6 Å². The number of halogens is 2. The Morgan fingerprint density at radius 2 is 2.09 bits per heavy atom. The van der Waals surface area contributed by atoms with E-state index in [0.717, 1.165) is 12.1 Å². The van der Waals surface area contributed by atoms with Crippen LogP contribution in [-0.4, -0.2) is 49.1 Å². The van der Waals surface area contributed by atoms with Crippen molar-refractivity contribution in [3.63, 3.8) is 0 Å². The standard InChI is InChI=1S/C15H18F2N2O3/c1-3-22-14(20)9-18-6-7-19(15(21)10(18)2)13-5-4-11(16)8-12(13)17/h4-5,8,10H,3,6-7,9H2,1-2H3.